The van der Waals surface area contributed by atoms with Gasteiger partial charge in [0, 0.05) is 42.8 Å². The van der Waals surface area contributed by atoms with E-state index >= 15 is 0 Å². The Morgan fingerprint density at radius 3 is 1.90 bits per heavy atom. The molecule has 0 N–H and O–H groups in total. The lowest BCUT2D eigenvalue weighted by molar-refractivity contribution is 0.664. The van der Waals surface area contributed by atoms with Gasteiger partial charge in [-0.05, 0) is 53.6 Å². The molecule has 0 saturated carbocycles. The summed E-state index contributed by atoms with van der Waals surface area (Å²) >= 11 is 1.84. The van der Waals surface area contributed by atoms with Crippen molar-refractivity contribution in [3.8, 4) is 22.3 Å². The molecule has 52 heavy (non-hydrogen) atoms. The topological polar surface area (TPSA) is 29.5 Å². The van der Waals surface area contributed by atoms with Gasteiger partial charge in [0.1, 0.15) is 22.3 Å². The molecule has 0 spiro atoms. The molecule has 0 unspecified atom stereocenters. The summed E-state index contributed by atoms with van der Waals surface area (Å²) in [7, 11) is 0. The van der Waals surface area contributed by atoms with Crippen LogP contribution in [0.5, 0.6) is 0 Å². The molecule has 0 radical (unpaired) electrons. The molecular formula is C48H29NO2S. The summed E-state index contributed by atoms with van der Waals surface area (Å²) < 4.78 is 16.1. The molecule has 0 atom stereocenters. The van der Waals surface area contributed by atoms with Gasteiger partial charge < -0.3 is 13.7 Å². The van der Waals surface area contributed by atoms with E-state index in [0.29, 0.717) is 0 Å². The largest absolute Gasteiger partial charge is 0.456 e. The molecule has 0 aliphatic carbocycles. The van der Waals surface area contributed by atoms with Crippen LogP contribution in [0.4, 0.5) is 17.1 Å². The molecule has 8 aromatic carbocycles. The van der Waals surface area contributed by atoms with Crippen LogP contribution >= 0.6 is 11.3 Å². The van der Waals surface area contributed by atoms with Crippen LogP contribution in [0, 0.1) is 0 Å². The zero-order valence-corrected chi connectivity index (χ0v) is 28.7. The first-order valence-electron chi connectivity index (χ1n) is 17.5. The van der Waals surface area contributed by atoms with E-state index in [-0.39, 0.29) is 0 Å². The van der Waals surface area contributed by atoms with Crippen molar-refractivity contribution >= 4 is 92.4 Å². The van der Waals surface area contributed by atoms with E-state index in [4.69, 9.17) is 8.83 Å². The molecule has 244 valence electrons. The Balaban J connectivity index is 1.29. The second-order valence-corrected chi connectivity index (χ2v) is 14.2. The van der Waals surface area contributed by atoms with Gasteiger partial charge in [-0.15, -0.1) is 11.3 Å². The van der Waals surface area contributed by atoms with Crippen molar-refractivity contribution in [2.75, 3.05) is 4.90 Å². The number of benzene rings is 8. The number of thiophene rings is 1. The number of nitrogens with zero attached hydrogens (tertiary/aromatic N) is 1. The van der Waals surface area contributed by atoms with Crippen LogP contribution in [0.25, 0.3) is 86.3 Å². The average molecular weight is 684 g/mol. The lowest BCUT2D eigenvalue weighted by Gasteiger charge is -2.29. The van der Waals surface area contributed by atoms with Crippen LogP contribution in [-0.4, -0.2) is 0 Å². The van der Waals surface area contributed by atoms with Crippen molar-refractivity contribution in [1.29, 1.82) is 0 Å². The van der Waals surface area contributed by atoms with E-state index in [1.165, 1.54) is 20.2 Å². The number of hydrogen-bond donors (Lipinski definition) is 0. The van der Waals surface area contributed by atoms with E-state index in [2.05, 4.69) is 169 Å². The minimum absolute atomic E-state index is 0.826. The molecule has 0 amide bonds. The minimum Gasteiger partial charge on any atom is -0.456 e. The highest BCUT2D eigenvalue weighted by Crippen LogP contribution is 2.52. The summed E-state index contributed by atoms with van der Waals surface area (Å²) in [5.74, 6) is 0. The SMILES string of the molecule is c1ccc(-c2ccccc2N(c2cccc3c2sc2ccccc23)c2cccc3oc4c(-c5ccccc5)c5c(cc4c23)oc2ccccc25)cc1. The summed E-state index contributed by atoms with van der Waals surface area (Å²) in [6.07, 6.45) is 0. The van der Waals surface area contributed by atoms with Gasteiger partial charge >= 0.3 is 0 Å². The third-order valence-corrected chi connectivity index (χ3v) is 11.5. The maximum atomic E-state index is 7.01. The molecule has 0 saturated heterocycles. The molecule has 0 fully saturated rings. The zero-order chi connectivity index (χ0) is 34.2. The van der Waals surface area contributed by atoms with Crippen LogP contribution in [0.1, 0.15) is 0 Å². The van der Waals surface area contributed by atoms with Crippen molar-refractivity contribution in [3.05, 3.63) is 176 Å². The molecule has 11 rings (SSSR count). The molecule has 3 aromatic heterocycles. The predicted octanol–water partition coefficient (Wildman–Crippen LogP) is 14.7. The number of furan rings is 2. The Morgan fingerprint density at radius 2 is 1.04 bits per heavy atom. The van der Waals surface area contributed by atoms with Crippen molar-refractivity contribution < 1.29 is 8.83 Å². The van der Waals surface area contributed by atoms with Crippen LogP contribution in [-0.2, 0) is 0 Å². The third-order valence-electron chi connectivity index (χ3n) is 10.3. The molecule has 4 heteroatoms. The summed E-state index contributed by atoms with van der Waals surface area (Å²) in [5.41, 5.74) is 11.1. The van der Waals surface area contributed by atoms with E-state index in [0.717, 1.165) is 83.2 Å². The van der Waals surface area contributed by atoms with Gasteiger partial charge in [0.15, 0.2) is 0 Å². The fourth-order valence-corrected chi connectivity index (χ4v) is 9.25. The number of hydrogen-bond acceptors (Lipinski definition) is 4. The summed E-state index contributed by atoms with van der Waals surface area (Å²) in [4.78, 5) is 2.45. The Morgan fingerprint density at radius 1 is 0.404 bits per heavy atom. The van der Waals surface area contributed by atoms with Crippen LogP contribution in [0.3, 0.4) is 0 Å². The van der Waals surface area contributed by atoms with Gasteiger partial charge in [-0.25, -0.2) is 0 Å². The first kappa shape index (κ1) is 29.1. The molecule has 0 aliphatic heterocycles. The monoisotopic (exact) mass is 683 g/mol. The lowest BCUT2D eigenvalue weighted by Crippen LogP contribution is -2.11. The maximum Gasteiger partial charge on any atom is 0.144 e. The Bertz CT molecular complexity index is 3130. The van der Waals surface area contributed by atoms with Crippen molar-refractivity contribution in [3.63, 3.8) is 0 Å². The second kappa shape index (κ2) is 11.5. The number of rotatable bonds is 5. The van der Waals surface area contributed by atoms with Gasteiger partial charge in [-0.1, -0.05) is 133 Å². The number of anilines is 3. The average Bonchev–Trinajstić information content (AvgIpc) is 3.90. The first-order valence-corrected chi connectivity index (χ1v) is 18.3. The quantitative estimate of drug-likeness (QED) is 0.181. The summed E-state index contributed by atoms with van der Waals surface area (Å²) in [6, 6.07) is 62.3. The molecule has 0 aliphatic rings. The molecule has 0 bridgehead atoms. The van der Waals surface area contributed by atoms with Crippen LogP contribution in [0.2, 0.25) is 0 Å². The van der Waals surface area contributed by atoms with E-state index < -0.39 is 0 Å². The van der Waals surface area contributed by atoms with Gasteiger partial charge in [0.05, 0.1) is 27.1 Å². The van der Waals surface area contributed by atoms with Crippen LogP contribution < -0.4 is 4.90 Å². The van der Waals surface area contributed by atoms with Crippen molar-refractivity contribution in [1.82, 2.24) is 0 Å². The zero-order valence-electron chi connectivity index (χ0n) is 27.9. The normalized spacial score (nSPS) is 11.8. The van der Waals surface area contributed by atoms with Gasteiger partial charge in [-0.3, -0.25) is 0 Å². The summed E-state index contributed by atoms with van der Waals surface area (Å²) in [5, 5.41) is 6.72. The highest BCUT2D eigenvalue weighted by molar-refractivity contribution is 7.26. The summed E-state index contributed by atoms with van der Waals surface area (Å²) in [6.45, 7) is 0. The van der Waals surface area contributed by atoms with E-state index in [1.807, 2.05) is 23.5 Å². The highest BCUT2D eigenvalue weighted by Gasteiger charge is 2.27. The lowest BCUT2D eigenvalue weighted by atomic mass is 9.96. The predicted molar refractivity (Wildman–Crippen MR) is 219 cm³/mol. The van der Waals surface area contributed by atoms with E-state index in [9.17, 15) is 0 Å². The maximum absolute atomic E-state index is 7.01. The Hall–Kier alpha value is -6.62. The van der Waals surface area contributed by atoms with Gasteiger partial charge in [-0.2, -0.15) is 0 Å². The van der Waals surface area contributed by atoms with Crippen molar-refractivity contribution in [2.24, 2.45) is 0 Å². The smallest absolute Gasteiger partial charge is 0.144 e. The second-order valence-electron chi connectivity index (χ2n) is 13.2. The Kier molecular flexibility index (Phi) is 6.42. The fourth-order valence-electron chi connectivity index (χ4n) is 8.04. The fraction of sp³-hybridized carbons (Fsp3) is 0. The minimum atomic E-state index is 0.826. The molecule has 11 aromatic rings. The molecular weight excluding hydrogens is 655 g/mol. The van der Waals surface area contributed by atoms with Crippen molar-refractivity contribution in [2.45, 2.75) is 0 Å². The highest BCUT2D eigenvalue weighted by atomic mass is 32.1. The number of para-hydroxylation sites is 2. The van der Waals surface area contributed by atoms with E-state index in [1.54, 1.807) is 0 Å². The third kappa shape index (κ3) is 4.31. The number of fused-ring (bicyclic) bond motifs is 9. The first-order chi connectivity index (χ1) is 25.8. The Labute approximate surface area is 303 Å². The van der Waals surface area contributed by atoms with Crippen LogP contribution in [0.15, 0.2) is 185 Å². The molecule has 3 heterocycles. The molecule has 3 nitrogen and oxygen atoms in total. The van der Waals surface area contributed by atoms with Gasteiger partial charge in [0.2, 0.25) is 0 Å². The van der Waals surface area contributed by atoms with Gasteiger partial charge in [0.25, 0.3) is 0 Å². The standard InChI is InChI=1S/C48H29NO2S/c1-3-15-30(16-4-1)32-19-7-10-23-37(32)49(39-25-13-22-34-33-20-9-12-28-43(33)52-48(34)39)38-24-14-27-41-45(38)36-29-42-46(35-21-8-11-26-40(35)50-42)44(47(36)51-41)31-17-5-2-6-18-31/h1-29H.